The third kappa shape index (κ3) is 5.19. The van der Waals surface area contributed by atoms with Crippen LogP contribution in [0.4, 0.5) is 4.79 Å². The molecule has 0 saturated heterocycles. The van der Waals surface area contributed by atoms with E-state index < -0.39 is 15.3 Å². The Labute approximate surface area is 104 Å². The van der Waals surface area contributed by atoms with E-state index in [2.05, 4.69) is 27.3 Å². The number of rotatable bonds is 2. The summed E-state index contributed by atoms with van der Waals surface area (Å²) in [5.74, 6) is 0.230. The maximum atomic E-state index is 10.9. The second kappa shape index (κ2) is 4.99. The molecule has 5 nitrogen and oxygen atoms in total. The van der Waals surface area contributed by atoms with E-state index in [9.17, 15) is 13.2 Å². The molecule has 1 N–H and O–H groups in total. The molecular weight excluding hydrogens is 357 g/mol. The van der Waals surface area contributed by atoms with E-state index in [1.807, 2.05) is 0 Å². The minimum atomic E-state index is -4.11. The van der Waals surface area contributed by atoms with E-state index >= 15 is 0 Å². The molecular formula is C7H5ClINO4S. The first-order valence-corrected chi connectivity index (χ1v) is 6.95. The number of nitrogens with one attached hydrogen (secondary N) is 1. The number of hydrogen-bond acceptors (Lipinski definition) is 4. The van der Waals surface area contributed by atoms with Crippen molar-refractivity contribution < 1.29 is 17.9 Å². The molecule has 82 valence electrons. The Kier molecular flexibility index (Phi) is 4.17. The summed E-state index contributed by atoms with van der Waals surface area (Å²) in [6.45, 7) is 0. The van der Waals surface area contributed by atoms with Crippen molar-refractivity contribution in [2.24, 2.45) is 0 Å². The van der Waals surface area contributed by atoms with Crippen molar-refractivity contribution in [3.8, 4) is 5.75 Å². The lowest BCUT2D eigenvalue weighted by molar-refractivity contribution is 0.207. The van der Waals surface area contributed by atoms with Crippen molar-refractivity contribution in [2.75, 3.05) is 0 Å². The summed E-state index contributed by atoms with van der Waals surface area (Å²) in [6, 6.07) is 6.47. The molecule has 0 atom stereocenters. The first-order chi connectivity index (χ1) is 6.87. The summed E-state index contributed by atoms with van der Waals surface area (Å²) in [5.41, 5.74) is 0. The Bertz CT molecular complexity index is 458. The Morgan fingerprint density at radius 1 is 1.33 bits per heavy atom. The summed E-state index contributed by atoms with van der Waals surface area (Å²) in [6.07, 6.45) is -1.15. The van der Waals surface area contributed by atoms with Gasteiger partial charge >= 0.3 is 15.3 Å². The molecule has 0 aliphatic heterocycles. The molecule has 1 amide bonds. The van der Waals surface area contributed by atoms with E-state index in [4.69, 9.17) is 10.7 Å². The van der Waals surface area contributed by atoms with Crippen molar-refractivity contribution in [3.05, 3.63) is 27.8 Å². The molecule has 0 bridgehead atoms. The van der Waals surface area contributed by atoms with Crippen molar-refractivity contribution in [1.29, 1.82) is 0 Å². The molecule has 0 fully saturated rings. The standard InChI is InChI=1S/C7H5ClINO4S/c8-15(12,13)10-7(11)14-6-3-1-5(9)2-4-6/h1-4H,(H,10,11). The maximum Gasteiger partial charge on any atom is 0.427 e. The monoisotopic (exact) mass is 361 g/mol. The van der Waals surface area contributed by atoms with Gasteiger partial charge in [0.15, 0.2) is 0 Å². The average Bonchev–Trinajstić information content (AvgIpc) is 2.05. The van der Waals surface area contributed by atoms with Crippen molar-refractivity contribution in [2.45, 2.75) is 0 Å². The molecule has 8 heteroatoms. The second-order valence-corrected chi connectivity index (χ2v) is 5.93. The third-order valence-corrected chi connectivity index (χ3v) is 2.59. The van der Waals surface area contributed by atoms with Crippen LogP contribution in [-0.2, 0) is 9.24 Å². The number of ether oxygens (including phenoxy) is 1. The number of halogens is 2. The Balaban J connectivity index is 2.63. The van der Waals surface area contributed by atoms with Gasteiger partial charge in [-0.05, 0) is 46.9 Å². The van der Waals surface area contributed by atoms with Crippen LogP contribution in [0.5, 0.6) is 5.75 Å². The molecule has 0 spiro atoms. The van der Waals surface area contributed by atoms with Gasteiger partial charge in [-0.2, -0.15) is 8.42 Å². The van der Waals surface area contributed by atoms with E-state index in [1.54, 1.807) is 12.1 Å². The second-order valence-electron chi connectivity index (χ2n) is 2.38. The molecule has 0 saturated carbocycles. The van der Waals surface area contributed by atoms with Gasteiger partial charge in [-0.15, -0.1) is 0 Å². The van der Waals surface area contributed by atoms with Gasteiger partial charge in [-0.1, -0.05) is 0 Å². The molecule has 1 aromatic rings. The SMILES string of the molecule is O=C(NS(=O)(=O)Cl)Oc1ccc(I)cc1. The molecule has 15 heavy (non-hydrogen) atoms. The molecule has 0 radical (unpaired) electrons. The van der Waals surface area contributed by atoms with Crippen molar-refractivity contribution in [1.82, 2.24) is 4.72 Å². The number of carbonyl (C=O) groups is 1. The van der Waals surface area contributed by atoms with E-state index in [1.165, 1.54) is 16.9 Å². The van der Waals surface area contributed by atoms with Crippen LogP contribution in [0.1, 0.15) is 0 Å². The lowest BCUT2D eigenvalue weighted by Gasteiger charge is -2.03. The van der Waals surface area contributed by atoms with Crippen LogP contribution in [0, 0.1) is 3.57 Å². The minimum absolute atomic E-state index is 0.230. The zero-order valence-corrected chi connectivity index (χ0v) is 10.8. The van der Waals surface area contributed by atoms with Crippen molar-refractivity contribution in [3.63, 3.8) is 0 Å². The molecule has 1 rings (SSSR count). The highest BCUT2D eigenvalue weighted by Gasteiger charge is 2.12. The summed E-state index contributed by atoms with van der Waals surface area (Å²) < 4.78 is 27.9. The maximum absolute atomic E-state index is 10.9. The lowest BCUT2D eigenvalue weighted by atomic mass is 10.3. The summed E-state index contributed by atoms with van der Waals surface area (Å²) in [4.78, 5) is 10.9. The number of hydrogen-bond donors (Lipinski definition) is 1. The first-order valence-electron chi connectivity index (χ1n) is 3.56. The van der Waals surface area contributed by atoms with Crippen LogP contribution in [0.25, 0.3) is 0 Å². The van der Waals surface area contributed by atoms with Crippen LogP contribution in [0.2, 0.25) is 0 Å². The molecule has 0 aromatic heterocycles. The highest BCUT2D eigenvalue weighted by atomic mass is 127. The quantitative estimate of drug-likeness (QED) is 0.645. The topological polar surface area (TPSA) is 72.5 Å². The molecule has 0 heterocycles. The smallest absolute Gasteiger partial charge is 0.410 e. The fourth-order valence-corrected chi connectivity index (χ4v) is 1.52. The van der Waals surface area contributed by atoms with Crippen LogP contribution >= 0.6 is 33.3 Å². The van der Waals surface area contributed by atoms with Gasteiger partial charge in [0.05, 0.1) is 0 Å². The highest BCUT2D eigenvalue weighted by molar-refractivity contribution is 14.1. The Hall–Kier alpha value is -0.540. The van der Waals surface area contributed by atoms with Gasteiger partial charge in [0.2, 0.25) is 0 Å². The Morgan fingerprint density at radius 2 is 1.87 bits per heavy atom. The van der Waals surface area contributed by atoms with Crippen LogP contribution < -0.4 is 9.46 Å². The summed E-state index contributed by atoms with van der Waals surface area (Å²) >= 11 is 2.08. The number of benzene rings is 1. The minimum Gasteiger partial charge on any atom is -0.410 e. The van der Waals surface area contributed by atoms with Gasteiger partial charge in [0.1, 0.15) is 5.75 Å². The predicted molar refractivity (Wildman–Crippen MR) is 63.1 cm³/mol. The predicted octanol–water partition coefficient (Wildman–Crippen LogP) is 1.86. The number of amides is 1. The third-order valence-electron chi connectivity index (χ3n) is 1.23. The molecule has 0 aliphatic rings. The van der Waals surface area contributed by atoms with E-state index in [-0.39, 0.29) is 5.75 Å². The normalized spacial score (nSPS) is 10.8. The lowest BCUT2D eigenvalue weighted by Crippen LogP contribution is -2.29. The largest absolute Gasteiger partial charge is 0.427 e. The highest BCUT2D eigenvalue weighted by Crippen LogP contribution is 2.13. The fraction of sp³-hybridized carbons (Fsp3) is 0. The zero-order chi connectivity index (χ0) is 11.5. The zero-order valence-electron chi connectivity index (χ0n) is 7.11. The van der Waals surface area contributed by atoms with Gasteiger partial charge in [-0.25, -0.2) is 9.52 Å². The van der Waals surface area contributed by atoms with Gasteiger partial charge < -0.3 is 4.74 Å². The van der Waals surface area contributed by atoms with Gasteiger partial charge in [0, 0.05) is 14.3 Å². The van der Waals surface area contributed by atoms with Crippen molar-refractivity contribution >= 4 is 48.6 Å². The van der Waals surface area contributed by atoms with Crippen LogP contribution in [-0.4, -0.2) is 14.5 Å². The molecule has 0 unspecified atom stereocenters. The summed E-state index contributed by atoms with van der Waals surface area (Å²) in [7, 11) is 0.673. The van der Waals surface area contributed by atoms with Crippen LogP contribution in [0.15, 0.2) is 24.3 Å². The van der Waals surface area contributed by atoms with Gasteiger partial charge in [0.25, 0.3) is 0 Å². The Morgan fingerprint density at radius 3 is 2.33 bits per heavy atom. The molecule has 0 aliphatic carbocycles. The van der Waals surface area contributed by atoms with Gasteiger partial charge in [-0.3, -0.25) is 0 Å². The molecule has 1 aromatic carbocycles. The fourth-order valence-electron chi connectivity index (χ4n) is 0.730. The first kappa shape index (κ1) is 12.5. The van der Waals surface area contributed by atoms with E-state index in [0.717, 1.165) is 3.57 Å². The van der Waals surface area contributed by atoms with E-state index in [0.29, 0.717) is 0 Å². The van der Waals surface area contributed by atoms with Crippen LogP contribution in [0.3, 0.4) is 0 Å². The number of carbonyl (C=O) groups excluding carboxylic acids is 1. The average molecular weight is 362 g/mol. The summed E-state index contributed by atoms with van der Waals surface area (Å²) in [5, 5.41) is 0.